The van der Waals surface area contributed by atoms with Gasteiger partial charge in [-0.2, -0.15) is 0 Å². The van der Waals surface area contributed by atoms with Crippen molar-refractivity contribution in [2.24, 2.45) is 0 Å². The van der Waals surface area contributed by atoms with Crippen molar-refractivity contribution >= 4 is 39.0 Å². The molecule has 4 N–H and O–H groups in total. The van der Waals surface area contributed by atoms with Crippen LogP contribution in [0, 0.1) is 0 Å². The van der Waals surface area contributed by atoms with E-state index in [0.717, 1.165) is 10.4 Å². The molecule has 0 aliphatic carbocycles. The van der Waals surface area contributed by atoms with E-state index >= 15 is 0 Å². The normalized spacial score (nSPS) is 11.9. The number of aromatic hydroxyl groups is 1. The fourth-order valence-corrected chi connectivity index (χ4v) is 3.72. The van der Waals surface area contributed by atoms with Crippen molar-refractivity contribution in [3.8, 4) is 5.75 Å². The molecule has 3 rings (SSSR count). The summed E-state index contributed by atoms with van der Waals surface area (Å²) in [5.41, 5.74) is 6.96. The summed E-state index contributed by atoms with van der Waals surface area (Å²) >= 11 is 4.99. The standard InChI is InChI=1S/C17H14BrN3O2S/c18-13-9-10(22)5-6-11(13)15(14-4-2-8-24-14)21-17(23)12-3-1-7-20-16(12)19/h1-9,15,22H,(H2,19,20)(H,21,23). The van der Waals surface area contributed by atoms with Crippen molar-refractivity contribution in [1.82, 2.24) is 10.3 Å². The molecule has 5 nitrogen and oxygen atoms in total. The van der Waals surface area contributed by atoms with Crippen molar-refractivity contribution in [3.63, 3.8) is 0 Å². The van der Waals surface area contributed by atoms with E-state index in [1.54, 1.807) is 36.5 Å². The number of hydrogen-bond donors (Lipinski definition) is 3. The number of benzene rings is 1. The van der Waals surface area contributed by atoms with Crippen molar-refractivity contribution in [3.05, 3.63) is 74.5 Å². The number of nitrogen functional groups attached to an aromatic ring is 1. The van der Waals surface area contributed by atoms with E-state index < -0.39 is 0 Å². The maximum Gasteiger partial charge on any atom is 0.255 e. The molecule has 3 aromatic rings. The van der Waals surface area contributed by atoms with Gasteiger partial charge < -0.3 is 16.2 Å². The van der Waals surface area contributed by atoms with Gasteiger partial charge in [0.15, 0.2) is 0 Å². The van der Waals surface area contributed by atoms with Crippen LogP contribution in [-0.2, 0) is 0 Å². The third kappa shape index (κ3) is 3.42. The summed E-state index contributed by atoms with van der Waals surface area (Å²) in [7, 11) is 0. The molecule has 0 aliphatic rings. The number of halogens is 1. The number of rotatable bonds is 4. The molecule has 0 radical (unpaired) electrons. The molecule has 0 aliphatic heterocycles. The molecule has 0 bridgehead atoms. The lowest BCUT2D eigenvalue weighted by atomic mass is 10.0. The zero-order valence-electron chi connectivity index (χ0n) is 12.4. The number of carbonyl (C=O) groups excluding carboxylic acids is 1. The Morgan fingerprint density at radius 3 is 2.79 bits per heavy atom. The SMILES string of the molecule is Nc1ncccc1C(=O)NC(c1cccs1)c1ccc(O)cc1Br. The van der Waals surface area contributed by atoms with Gasteiger partial charge in [0.25, 0.3) is 5.91 Å². The minimum absolute atomic E-state index is 0.151. The predicted octanol–water partition coefficient (Wildman–Crippen LogP) is 3.71. The maximum absolute atomic E-state index is 12.6. The van der Waals surface area contributed by atoms with Crippen LogP contribution in [0.5, 0.6) is 5.75 Å². The quantitative estimate of drug-likeness (QED) is 0.619. The van der Waals surface area contributed by atoms with E-state index in [4.69, 9.17) is 5.73 Å². The van der Waals surface area contributed by atoms with Crippen LogP contribution in [0.25, 0.3) is 0 Å². The second-order valence-electron chi connectivity index (χ2n) is 5.06. The average Bonchev–Trinajstić information content (AvgIpc) is 3.07. The molecule has 1 atom stereocenters. The summed E-state index contributed by atoms with van der Waals surface area (Å²) < 4.78 is 0.709. The van der Waals surface area contributed by atoms with Crippen LogP contribution < -0.4 is 11.1 Å². The number of carbonyl (C=O) groups is 1. The summed E-state index contributed by atoms with van der Waals surface area (Å²) in [6.07, 6.45) is 1.54. The van der Waals surface area contributed by atoms with Crippen molar-refractivity contribution < 1.29 is 9.90 Å². The summed E-state index contributed by atoms with van der Waals surface area (Å²) in [5.74, 6) is 0.0297. The Labute approximate surface area is 151 Å². The highest BCUT2D eigenvalue weighted by Crippen LogP contribution is 2.33. The Hall–Kier alpha value is -2.38. The van der Waals surface area contributed by atoms with Crippen LogP contribution in [0.15, 0.2) is 58.5 Å². The largest absolute Gasteiger partial charge is 0.508 e. The van der Waals surface area contributed by atoms with Crippen LogP contribution in [0.1, 0.15) is 26.8 Å². The number of pyridine rings is 1. The van der Waals surface area contributed by atoms with Gasteiger partial charge >= 0.3 is 0 Å². The number of nitrogens with two attached hydrogens (primary N) is 1. The molecule has 122 valence electrons. The van der Waals surface area contributed by atoms with Crippen LogP contribution in [0.3, 0.4) is 0 Å². The number of phenolic OH excluding ortho intramolecular Hbond substituents is 1. The van der Waals surface area contributed by atoms with Crippen LogP contribution in [0.4, 0.5) is 5.82 Å². The average molecular weight is 404 g/mol. The van der Waals surface area contributed by atoms with Gasteiger partial charge in [0.2, 0.25) is 0 Å². The highest BCUT2D eigenvalue weighted by molar-refractivity contribution is 9.10. The number of nitrogens with one attached hydrogen (secondary N) is 1. The van der Waals surface area contributed by atoms with Crippen molar-refractivity contribution in [2.45, 2.75) is 6.04 Å². The monoisotopic (exact) mass is 403 g/mol. The number of anilines is 1. The molecule has 7 heteroatoms. The van der Waals surface area contributed by atoms with Gasteiger partial charge in [0, 0.05) is 15.5 Å². The second kappa shape index (κ2) is 7.02. The molecule has 24 heavy (non-hydrogen) atoms. The van der Waals surface area contributed by atoms with Gasteiger partial charge in [0.1, 0.15) is 11.6 Å². The van der Waals surface area contributed by atoms with Gasteiger partial charge in [-0.15, -0.1) is 11.3 Å². The van der Waals surface area contributed by atoms with E-state index in [0.29, 0.717) is 10.0 Å². The molecule has 0 fully saturated rings. The molecule has 1 unspecified atom stereocenters. The molecule has 1 amide bonds. The first kappa shape index (κ1) is 16.5. The van der Waals surface area contributed by atoms with E-state index in [-0.39, 0.29) is 23.5 Å². The lowest BCUT2D eigenvalue weighted by Gasteiger charge is -2.20. The summed E-state index contributed by atoms with van der Waals surface area (Å²) in [6, 6.07) is 11.8. The first-order chi connectivity index (χ1) is 11.6. The summed E-state index contributed by atoms with van der Waals surface area (Å²) in [5, 5.41) is 14.5. The number of aromatic nitrogens is 1. The summed E-state index contributed by atoms with van der Waals surface area (Å²) in [6.45, 7) is 0. The third-order valence-corrected chi connectivity index (χ3v) is 5.11. The smallest absolute Gasteiger partial charge is 0.255 e. The molecule has 2 aromatic heterocycles. The van der Waals surface area contributed by atoms with Gasteiger partial charge in [-0.3, -0.25) is 4.79 Å². The van der Waals surface area contributed by atoms with Gasteiger partial charge in [-0.25, -0.2) is 4.98 Å². The number of nitrogens with zero attached hydrogens (tertiary/aromatic N) is 1. The lowest BCUT2D eigenvalue weighted by molar-refractivity contribution is 0.0944. The first-order valence-corrected chi connectivity index (χ1v) is 8.76. The fourth-order valence-electron chi connectivity index (χ4n) is 2.33. The Balaban J connectivity index is 1.98. The lowest BCUT2D eigenvalue weighted by Crippen LogP contribution is -2.29. The van der Waals surface area contributed by atoms with E-state index in [9.17, 15) is 9.90 Å². The molecule has 2 heterocycles. The minimum Gasteiger partial charge on any atom is -0.508 e. The highest BCUT2D eigenvalue weighted by atomic mass is 79.9. The zero-order valence-corrected chi connectivity index (χ0v) is 14.8. The Morgan fingerprint density at radius 1 is 1.29 bits per heavy atom. The van der Waals surface area contributed by atoms with E-state index in [1.165, 1.54) is 11.3 Å². The Morgan fingerprint density at radius 2 is 2.12 bits per heavy atom. The molecular weight excluding hydrogens is 390 g/mol. The third-order valence-electron chi connectivity index (χ3n) is 3.48. The van der Waals surface area contributed by atoms with Crippen LogP contribution >= 0.6 is 27.3 Å². The van der Waals surface area contributed by atoms with Gasteiger partial charge in [0.05, 0.1) is 11.6 Å². The fraction of sp³-hybridized carbons (Fsp3) is 0.0588. The predicted molar refractivity (Wildman–Crippen MR) is 98.1 cm³/mol. The molecule has 0 saturated heterocycles. The molecule has 1 aromatic carbocycles. The minimum atomic E-state index is -0.368. The van der Waals surface area contributed by atoms with Crippen LogP contribution in [0.2, 0.25) is 0 Å². The number of thiophene rings is 1. The number of phenols is 1. The number of amides is 1. The maximum atomic E-state index is 12.6. The molecule has 0 spiro atoms. The highest BCUT2D eigenvalue weighted by Gasteiger charge is 2.22. The van der Waals surface area contributed by atoms with Gasteiger partial charge in [-0.1, -0.05) is 28.1 Å². The van der Waals surface area contributed by atoms with Gasteiger partial charge in [-0.05, 0) is 41.3 Å². The second-order valence-corrected chi connectivity index (χ2v) is 6.90. The topological polar surface area (TPSA) is 88.2 Å². The van der Waals surface area contributed by atoms with Crippen molar-refractivity contribution in [2.75, 3.05) is 5.73 Å². The first-order valence-electron chi connectivity index (χ1n) is 7.09. The summed E-state index contributed by atoms with van der Waals surface area (Å²) in [4.78, 5) is 17.6. The van der Waals surface area contributed by atoms with Crippen molar-refractivity contribution in [1.29, 1.82) is 0 Å². The Bertz CT molecular complexity index is 868. The van der Waals surface area contributed by atoms with E-state index in [2.05, 4.69) is 26.2 Å². The molecule has 0 saturated carbocycles. The zero-order chi connectivity index (χ0) is 17.1. The Kier molecular flexibility index (Phi) is 4.82. The molecular formula is C17H14BrN3O2S. The van der Waals surface area contributed by atoms with E-state index in [1.807, 2.05) is 17.5 Å². The van der Waals surface area contributed by atoms with Crippen LogP contribution in [-0.4, -0.2) is 16.0 Å². The number of hydrogen-bond acceptors (Lipinski definition) is 5.